The van der Waals surface area contributed by atoms with Crippen LogP contribution in [0.2, 0.25) is 0 Å². The van der Waals surface area contributed by atoms with Crippen LogP contribution in [0.4, 0.5) is 0 Å². The lowest BCUT2D eigenvalue weighted by atomic mass is 9.90. The lowest BCUT2D eigenvalue weighted by Gasteiger charge is -2.19. The van der Waals surface area contributed by atoms with E-state index in [4.69, 9.17) is 5.21 Å². The Kier molecular flexibility index (Phi) is 2.65. The van der Waals surface area contributed by atoms with Gasteiger partial charge in [0.15, 0.2) is 0 Å². The minimum Gasteiger partial charge on any atom is -0.411 e. The van der Waals surface area contributed by atoms with E-state index in [-0.39, 0.29) is 5.41 Å². The van der Waals surface area contributed by atoms with Crippen LogP contribution in [0.5, 0.6) is 0 Å². The maximum atomic E-state index is 8.79. The first-order chi connectivity index (χ1) is 6.04. The van der Waals surface area contributed by atoms with E-state index in [0.717, 1.165) is 0 Å². The zero-order valence-electron chi connectivity index (χ0n) is 8.10. The van der Waals surface area contributed by atoms with Crippen LogP contribution in [0.15, 0.2) is 17.5 Å². The summed E-state index contributed by atoms with van der Waals surface area (Å²) in [6.07, 6.45) is 3.33. The topological polar surface area (TPSA) is 63.3 Å². The summed E-state index contributed by atoms with van der Waals surface area (Å²) in [7, 11) is 0. The summed E-state index contributed by atoms with van der Waals surface area (Å²) < 4.78 is 1.63. The zero-order valence-corrected chi connectivity index (χ0v) is 8.10. The van der Waals surface area contributed by atoms with Gasteiger partial charge < -0.3 is 5.21 Å². The average Bonchev–Trinajstić information content (AvgIpc) is 2.49. The van der Waals surface area contributed by atoms with Crippen LogP contribution in [0.1, 0.15) is 20.8 Å². The van der Waals surface area contributed by atoms with Gasteiger partial charge in [0, 0.05) is 11.6 Å². The van der Waals surface area contributed by atoms with Crippen molar-refractivity contribution in [1.29, 1.82) is 0 Å². The summed E-state index contributed by atoms with van der Waals surface area (Å²) in [6.45, 7) is 6.43. The van der Waals surface area contributed by atoms with E-state index in [1.54, 1.807) is 17.1 Å². The molecule has 13 heavy (non-hydrogen) atoms. The van der Waals surface area contributed by atoms with Gasteiger partial charge in [-0.15, -0.1) is 5.10 Å². The Morgan fingerprint density at radius 3 is 2.62 bits per heavy atom. The number of aromatic nitrogens is 3. The summed E-state index contributed by atoms with van der Waals surface area (Å²) in [5, 5.41) is 19.5. The van der Waals surface area contributed by atoms with Crippen molar-refractivity contribution < 1.29 is 5.21 Å². The third kappa shape index (κ3) is 2.54. The van der Waals surface area contributed by atoms with Gasteiger partial charge in [-0.3, -0.25) is 0 Å². The molecule has 0 saturated carbocycles. The molecule has 5 nitrogen and oxygen atoms in total. The standard InChI is InChI=1S/C8H14N4O/c1-8(2,3)7(10-13)6-12-5-4-9-11-12/h4-5,13H,6H2,1-3H3/b10-7-. The van der Waals surface area contributed by atoms with Gasteiger partial charge in [0.05, 0.1) is 18.5 Å². The summed E-state index contributed by atoms with van der Waals surface area (Å²) in [4.78, 5) is 0. The normalized spacial score (nSPS) is 13.3. The Hall–Kier alpha value is -1.39. The van der Waals surface area contributed by atoms with E-state index in [9.17, 15) is 0 Å². The molecule has 1 rings (SSSR count). The monoisotopic (exact) mass is 182 g/mol. The Balaban J connectivity index is 2.73. The highest BCUT2D eigenvalue weighted by atomic mass is 16.4. The molecule has 0 aliphatic heterocycles. The van der Waals surface area contributed by atoms with Gasteiger partial charge in [-0.2, -0.15) is 0 Å². The van der Waals surface area contributed by atoms with E-state index >= 15 is 0 Å². The van der Waals surface area contributed by atoms with Gasteiger partial charge >= 0.3 is 0 Å². The van der Waals surface area contributed by atoms with Crippen LogP contribution in [-0.4, -0.2) is 25.9 Å². The van der Waals surface area contributed by atoms with Crippen LogP contribution in [0.3, 0.4) is 0 Å². The van der Waals surface area contributed by atoms with Crippen molar-refractivity contribution in [3.05, 3.63) is 12.4 Å². The second-order valence-corrected chi connectivity index (χ2v) is 3.90. The Bertz CT molecular complexity index is 284. The Labute approximate surface area is 77.1 Å². The van der Waals surface area contributed by atoms with Gasteiger partial charge in [-0.25, -0.2) is 4.68 Å². The summed E-state index contributed by atoms with van der Waals surface area (Å²) in [5.41, 5.74) is 0.527. The first-order valence-electron chi connectivity index (χ1n) is 4.09. The van der Waals surface area contributed by atoms with Crippen LogP contribution >= 0.6 is 0 Å². The highest BCUT2D eigenvalue weighted by Crippen LogP contribution is 2.16. The molecule has 0 bridgehead atoms. The number of hydrogen-bond donors (Lipinski definition) is 1. The molecule has 0 aliphatic carbocycles. The molecule has 0 unspecified atom stereocenters. The van der Waals surface area contributed by atoms with Crippen LogP contribution in [0, 0.1) is 5.41 Å². The van der Waals surface area contributed by atoms with Crippen molar-refractivity contribution in [3.8, 4) is 0 Å². The number of rotatable bonds is 2. The Morgan fingerprint density at radius 1 is 1.54 bits per heavy atom. The lowest BCUT2D eigenvalue weighted by molar-refractivity contribution is 0.307. The van der Waals surface area contributed by atoms with Crippen molar-refractivity contribution in [1.82, 2.24) is 15.0 Å². The highest BCUT2D eigenvalue weighted by Gasteiger charge is 2.20. The fourth-order valence-corrected chi connectivity index (χ4v) is 0.889. The van der Waals surface area contributed by atoms with Crippen LogP contribution in [-0.2, 0) is 6.54 Å². The molecular weight excluding hydrogens is 168 g/mol. The summed E-state index contributed by atoms with van der Waals surface area (Å²) in [6, 6.07) is 0. The molecule has 1 heterocycles. The zero-order chi connectivity index (χ0) is 9.90. The molecule has 0 aromatic carbocycles. The maximum Gasteiger partial charge on any atom is 0.0848 e. The largest absolute Gasteiger partial charge is 0.411 e. The second-order valence-electron chi connectivity index (χ2n) is 3.90. The first-order valence-corrected chi connectivity index (χ1v) is 4.09. The van der Waals surface area contributed by atoms with Gasteiger partial charge in [0.2, 0.25) is 0 Å². The summed E-state index contributed by atoms with van der Waals surface area (Å²) in [5.74, 6) is 0. The SMILES string of the molecule is CC(C)(C)/C(Cn1ccnn1)=N\O. The molecule has 72 valence electrons. The van der Waals surface area contributed by atoms with Gasteiger partial charge in [0.25, 0.3) is 0 Å². The molecule has 0 atom stereocenters. The van der Waals surface area contributed by atoms with E-state index in [1.807, 2.05) is 20.8 Å². The predicted molar refractivity (Wildman–Crippen MR) is 48.7 cm³/mol. The molecule has 0 saturated heterocycles. The van der Waals surface area contributed by atoms with Crippen molar-refractivity contribution >= 4 is 5.71 Å². The molecule has 0 aliphatic rings. The van der Waals surface area contributed by atoms with Gasteiger partial charge in [0.1, 0.15) is 0 Å². The Morgan fingerprint density at radius 2 is 2.23 bits per heavy atom. The van der Waals surface area contributed by atoms with Crippen molar-refractivity contribution in [3.63, 3.8) is 0 Å². The minimum atomic E-state index is -0.152. The molecule has 1 N–H and O–H groups in total. The highest BCUT2D eigenvalue weighted by molar-refractivity contribution is 5.88. The molecule has 0 amide bonds. The van der Waals surface area contributed by atoms with Crippen molar-refractivity contribution in [2.45, 2.75) is 27.3 Å². The molecule has 1 aromatic heterocycles. The van der Waals surface area contributed by atoms with Crippen LogP contribution in [0.25, 0.3) is 0 Å². The first kappa shape index (κ1) is 9.70. The van der Waals surface area contributed by atoms with E-state index in [1.165, 1.54) is 0 Å². The fraction of sp³-hybridized carbons (Fsp3) is 0.625. The third-order valence-corrected chi connectivity index (χ3v) is 1.77. The lowest BCUT2D eigenvalue weighted by Crippen LogP contribution is -2.25. The minimum absolute atomic E-state index is 0.152. The smallest absolute Gasteiger partial charge is 0.0848 e. The number of hydrogen-bond acceptors (Lipinski definition) is 4. The average molecular weight is 182 g/mol. The van der Waals surface area contributed by atoms with Crippen LogP contribution < -0.4 is 0 Å². The third-order valence-electron chi connectivity index (χ3n) is 1.77. The molecule has 0 radical (unpaired) electrons. The van der Waals surface area contributed by atoms with Gasteiger partial charge in [-0.1, -0.05) is 31.1 Å². The molecular formula is C8H14N4O. The molecule has 5 heteroatoms. The molecule has 0 fully saturated rings. The predicted octanol–water partition coefficient (Wildman–Crippen LogP) is 1.15. The van der Waals surface area contributed by atoms with E-state index in [0.29, 0.717) is 12.3 Å². The molecule has 1 aromatic rings. The maximum absolute atomic E-state index is 8.79. The van der Waals surface area contributed by atoms with Crippen molar-refractivity contribution in [2.24, 2.45) is 10.6 Å². The number of nitrogens with zero attached hydrogens (tertiary/aromatic N) is 4. The quantitative estimate of drug-likeness (QED) is 0.424. The summed E-state index contributed by atoms with van der Waals surface area (Å²) >= 11 is 0. The van der Waals surface area contributed by atoms with Gasteiger partial charge in [-0.05, 0) is 0 Å². The van der Waals surface area contributed by atoms with E-state index in [2.05, 4.69) is 15.5 Å². The second kappa shape index (κ2) is 3.55. The molecule has 0 spiro atoms. The van der Waals surface area contributed by atoms with E-state index < -0.39 is 0 Å². The van der Waals surface area contributed by atoms with Crippen molar-refractivity contribution in [2.75, 3.05) is 0 Å². The fourth-order valence-electron chi connectivity index (χ4n) is 0.889. The number of oxime groups is 1.